The maximum Gasteiger partial charge on any atom is 0.472 e. The van der Waals surface area contributed by atoms with E-state index in [1.807, 2.05) is 0 Å². The Balaban J connectivity index is 3.91. The van der Waals surface area contributed by atoms with Gasteiger partial charge in [-0.2, -0.15) is 0 Å². The van der Waals surface area contributed by atoms with Gasteiger partial charge in [0.15, 0.2) is 0 Å². The highest BCUT2D eigenvalue weighted by atomic mass is 31.2. The van der Waals surface area contributed by atoms with Crippen LogP contribution < -0.4 is 0 Å². The smallest absolute Gasteiger partial charge is 0.457 e. The zero-order valence-electron chi connectivity index (χ0n) is 31.9. The number of carbonyl (C=O) groups excluding carboxylic acids is 2. The van der Waals surface area contributed by atoms with Gasteiger partial charge in [0, 0.05) is 12.8 Å². The zero-order valence-corrected chi connectivity index (χ0v) is 32.8. The number of esters is 2. The van der Waals surface area contributed by atoms with E-state index in [0.29, 0.717) is 12.8 Å². The van der Waals surface area contributed by atoms with E-state index in [2.05, 4.69) is 26.0 Å². The van der Waals surface area contributed by atoms with E-state index < -0.39 is 58.4 Å². The van der Waals surface area contributed by atoms with Gasteiger partial charge in [-0.05, 0) is 38.5 Å². The van der Waals surface area contributed by atoms with E-state index in [1.54, 1.807) is 0 Å². The third-order valence-electron chi connectivity index (χ3n) is 8.73. The zero-order chi connectivity index (χ0) is 37.0. The molecule has 0 aliphatic carbocycles. The average Bonchev–Trinajstić information content (AvgIpc) is 3.10. The Bertz CT molecular complexity index is 853. The van der Waals surface area contributed by atoms with Crippen molar-refractivity contribution in [3.8, 4) is 0 Å². The maximum absolute atomic E-state index is 12.3. The van der Waals surface area contributed by atoms with Crippen LogP contribution in [-0.4, -0.2) is 65.7 Å². The monoisotopic (exact) mass is 735 g/mol. The molecule has 3 atom stereocenters. The Morgan fingerprint density at radius 2 is 0.820 bits per heavy atom. The molecule has 3 unspecified atom stereocenters. The molecule has 0 aromatic rings. The SMILES string of the molecule is CCCCCCCCC/C=C\CCCCCCCCCC(=O)OC(CO)COP(=O)(O)OCC(CO)OC(=O)CCCCCCCCCCC. The summed E-state index contributed by atoms with van der Waals surface area (Å²) in [6, 6.07) is 0. The second kappa shape index (κ2) is 36.1. The molecular weight excluding hydrogens is 659 g/mol. The second-order valence-corrected chi connectivity index (χ2v) is 15.1. The first-order chi connectivity index (χ1) is 24.3. The van der Waals surface area contributed by atoms with Gasteiger partial charge in [0.2, 0.25) is 0 Å². The summed E-state index contributed by atoms with van der Waals surface area (Å²) in [6.45, 7) is 2.18. The lowest BCUT2D eigenvalue weighted by atomic mass is 10.1. The summed E-state index contributed by atoms with van der Waals surface area (Å²) in [4.78, 5) is 34.3. The highest BCUT2D eigenvalue weighted by molar-refractivity contribution is 7.47. The highest BCUT2D eigenvalue weighted by Gasteiger charge is 2.27. The van der Waals surface area contributed by atoms with Gasteiger partial charge in [-0.25, -0.2) is 4.57 Å². The van der Waals surface area contributed by atoms with E-state index in [-0.39, 0.29) is 12.8 Å². The molecule has 0 aromatic heterocycles. The fraction of sp³-hybridized carbons (Fsp3) is 0.897. The summed E-state index contributed by atoms with van der Waals surface area (Å²) in [7, 11) is -4.62. The van der Waals surface area contributed by atoms with E-state index in [9.17, 15) is 29.3 Å². The van der Waals surface area contributed by atoms with Crippen LogP contribution in [0.15, 0.2) is 12.2 Å². The Labute approximate surface area is 305 Å². The Morgan fingerprint density at radius 3 is 1.14 bits per heavy atom. The molecule has 0 aromatic carbocycles. The van der Waals surface area contributed by atoms with Crippen molar-refractivity contribution in [1.29, 1.82) is 0 Å². The molecule has 0 aliphatic rings. The van der Waals surface area contributed by atoms with Crippen LogP contribution in [0.2, 0.25) is 0 Å². The maximum atomic E-state index is 12.3. The number of aliphatic hydroxyl groups excluding tert-OH is 2. The topological polar surface area (TPSA) is 149 Å². The first-order valence-electron chi connectivity index (χ1n) is 20.1. The van der Waals surface area contributed by atoms with Crippen molar-refractivity contribution in [3.63, 3.8) is 0 Å². The van der Waals surface area contributed by atoms with Crippen molar-refractivity contribution in [3.05, 3.63) is 12.2 Å². The number of ether oxygens (including phenoxy) is 2. The van der Waals surface area contributed by atoms with Crippen molar-refractivity contribution in [2.24, 2.45) is 0 Å². The van der Waals surface area contributed by atoms with E-state index in [1.165, 1.54) is 103 Å². The molecule has 11 heteroatoms. The van der Waals surface area contributed by atoms with Crippen LogP contribution >= 0.6 is 7.82 Å². The van der Waals surface area contributed by atoms with Crippen LogP contribution in [0.1, 0.15) is 187 Å². The van der Waals surface area contributed by atoms with Gasteiger partial charge in [-0.15, -0.1) is 0 Å². The molecule has 0 amide bonds. The average molecular weight is 735 g/mol. The number of phosphoric acid groups is 1. The third-order valence-corrected chi connectivity index (χ3v) is 9.68. The normalized spacial score (nSPS) is 14.1. The largest absolute Gasteiger partial charge is 0.472 e. The molecule has 0 saturated carbocycles. The number of unbranched alkanes of at least 4 members (excludes halogenated alkanes) is 22. The van der Waals surface area contributed by atoms with Gasteiger partial charge in [0.25, 0.3) is 0 Å². The molecule has 0 fully saturated rings. The molecule has 3 N–H and O–H groups in total. The van der Waals surface area contributed by atoms with Crippen LogP contribution in [0.3, 0.4) is 0 Å². The third kappa shape index (κ3) is 33.8. The second-order valence-electron chi connectivity index (χ2n) is 13.6. The molecule has 0 radical (unpaired) electrons. The predicted octanol–water partition coefficient (Wildman–Crippen LogP) is 10.1. The standard InChI is InChI=1S/C39H75O10P/c1-3-5-7-9-11-13-14-15-16-17-18-19-20-21-23-25-27-29-31-39(43)49-37(33-41)35-47-50(44,45)46-34-36(32-40)48-38(42)30-28-26-24-22-12-10-8-6-4-2/h16-17,36-37,40-41H,3-15,18-35H2,1-2H3,(H,44,45)/b17-16-. The van der Waals surface area contributed by atoms with Gasteiger partial charge >= 0.3 is 19.8 Å². The molecule has 10 nitrogen and oxygen atoms in total. The highest BCUT2D eigenvalue weighted by Crippen LogP contribution is 2.43. The first-order valence-corrected chi connectivity index (χ1v) is 21.6. The lowest BCUT2D eigenvalue weighted by molar-refractivity contribution is -0.153. The summed E-state index contributed by atoms with van der Waals surface area (Å²) in [5.41, 5.74) is 0. The number of carbonyl (C=O) groups is 2. The van der Waals surface area contributed by atoms with Crippen molar-refractivity contribution >= 4 is 19.8 Å². The molecule has 0 saturated heterocycles. The predicted molar refractivity (Wildman–Crippen MR) is 201 cm³/mol. The summed E-state index contributed by atoms with van der Waals surface area (Å²) in [5.74, 6) is -1.02. The van der Waals surface area contributed by atoms with Gasteiger partial charge in [0.05, 0.1) is 26.4 Å². The van der Waals surface area contributed by atoms with Crippen molar-refractivity contribution < 1.29 is 47.8 Å². The summed E-state index contributed by atoms with van der Waals surface area (Å²) < 4.78 is 32.4. The number of rotatable bonds is 38. The minimum Gasteiger partial charge on any atom is -0.457 e. The summed E-state index contributed by atoms with van der Waals surface area (Å²) >= 11 is 0. The molecule has 0 spiro atoms. The lowest BCUT2D eigenvalue weighted by Crippen LogP contribution is -2.28. The van der Waals surface area contributed by atoms with Crippen LogP contribution in [0, 0.1) is 0 Å². The Kier molecular flexibility index (Phi) is 35.2. The minimum atomic E-state index is -4.62. The van der Waals surface area contributed by atoms with Crippen LogP contribution in [-0.2, 0) is 32.7 Å². The number of phosphoric ester groups is 1. The number of hydrogen-bond donors (Lipinski definition) is 3. The van der Waals surface area contributed by atoms with Crippen LogP contribution in [0.25, 0.3) is 0 Å². The van der Waals surface area contributed by atoms with E-state index in [4.69, 9.17) is 18.5 Å². The molecular formula is C39H75O10P. The number of hydrogen-bond acceptors (Lipinski definition) is 9. The molecule has 0 aliphatic heterocycles. The Morgan fingerprint density at radius 1 is 0.520 bits per heavy atom. The van der Waals surface area contributed by atoms with Crippen molar-refractivity contribution in [2.45, 2.75) is 199 Å². The fourth-order valence-corrected chi connectivity index (χ4v) is 6.36. The quantitative estimate of drug-likeness (QED) is 0.0242. The van der Waals surface area contributed by atoms with E-state index >= 15 is 0 Å². The van der Waals surface area contributed by atoms with Crippen LogP contribution in [0.5, 0.6) is 0 Å². The van der Waals surface area contributed by atoms with Crippen molar-refractivity contribution in [2.75, 3.05) is 26.4 Å². The van der Waals surface area contributed by atoms with Crippen LogP contribution in [0.4, 0.5) is 0 Å². The first kappa shape index (κ1) is 48.7. The summed E-state index contributed by atoms with van der Waals surface area (Å²) in [6.07, 6.45) is 32.0. The summed E-state index contributed by atoms with van der Waals surface area (Å²) in [5, 5.41) is 19.1. The number of aliphatic hydroxyl groups is 2. The van der Waals surface area contributed by atoms with Crippen molar-refractivity contribution in [1.82, 2.24) is 0 Å². The van der Waals surface area contributed by atoms with Gasteiger partial charge in [-0.3, -0.25) is 18.6 Å². The van der Waals surface area contributed by atoms with Gasteiger partial charge < -0.3 is 24.6 Å². The van der Waals surface area contributed by atoms with E-state index in [0.717, 1.165) is 44.9 Å². The fourth-order valence-electron chi connectivity index (χ4n) is 5.58. The lowest BCUT2D eigenvalue weighted by Gasteiger charge is -2.20. The molecule has 0 rings (SSSR count). The number of allylic oxidation sites excluding steroid dienone is 2. The minimum absolute atomic E-state index is 0.190. The molecule has 0 bridgehead atoms. The Hall–Kier alpha value is -1.29. The molecule has 296 valence electrons. The van der Waals surface area contributed by atoms with Gasteiger partial charge in [-0.1, -0.05) is 148 Å². The molecule has 50 heavy (non-hydrogen) atoms. The molecule has 0 heterocycles. The van der Waals surface area contributed by atoms with Gasteiger partial charge in [0.1, 0.15) is 12.2 Å².